The molecule has 1 N–H and O–H groups in total. The van der Waals surface area contributed by atoms with E-state index in [-0.39, 0.29) is 5.91 Å². The van der Waals surface area contributed by atoms with Crippen LogP contribution in [-0.2, 0) is 26.1 Å². The van der Waals surface area contributed by atoms with Crippen LogP contribution < -0.4 is 5.32 Å². The average Bonchev–Trinajstić information content (AvgIpc) is 3.34. The predicted octanol–water partition coefficient (Wildman–Crippen LogP) is 2.51. The van der Waals surface area contributed by atoms with Crippen LogP contribution in [-0.4, -0.2) is 38.7 Å². The number of nitrogens with one attached hydrogen (secondary N) is 1. The molecule has 1 aromatic heterocycles. The number of benzene rings is 2. The first-order valence-corrected chi connectivity index (χ1v) is 10.3. The maximum absolute atomic E-state index is 12.7. The molecular formula is C23H25N5O. The third kappa shape index (κ3) is 3.80. The van der Waals surface area contributed by atoms with E-state index in [1.165, 1.54) is 5.56 Å². The first-order chi connectivity index (χ1) is 14.3. The smallest absolute Gasteiger partial charge is 0.289 e. The van der Waals surface area contributed by atoms with Gasteiger partial charge >= 0.3 is 0 Å². The lowest BCUT2D eigenvalue weighted by atomic mass is 9.89. The Morgan fingerprint density at radius 3 is 2.34 bits per heavy atom. The van der Waals surface area contributed by atoms with Gasteiger partial charge in [0, 0.05) is 39.1 Å². The average molecular weight is 387 g/mol. The second-order valence-corrected chi connectivity index (χ2v) is 8.12. The topological polar surface area (TPSA) is 63.1 Å². The largest absolute Gasteiger partial charge is 0.345 e. The van der Waals surface area contributed by atoms with Gasteiger partial charge in [-0.1, -0.05) is 60.7 Å². The lowest BCUT2D eigenvalue weighted by molar-refractivity contribution is 0.0932. The summed E-state index contributed by atoms with van der Waals surface area (Å²) in [5.74, 6) is 2.37. The fourth-order valence-corrected chi connectivity index (χ4v) is 4.62. The molecule has 1 fully saturated rings. The molecule has 0 unspecified atom stereocenters. The molecule has 0 aliphatic carbocycles. The molecule has 2 aromatic carbocycles. The lowest BCUT2D eigenvalue weighted by Crippen LogP contribution is -2.32. The highest BCUT2D eigenvalue weighted by Crippen LogP contribution is 2.33. The van der Waals surface area contributed by atoms with Crippen molar-refractivity contribution in [2.24, 2.45) is 11.8 Å². The summed E-state index contributed by atoms with van der Waals surface area (Å²) in [5.41, 5.74) is 2.43. The Morgan fingerprint density at radius 2 is 1.59 bits per heavy atom. The number of hydrogen-bond acceptors (Lipinski definition) is 4. The zero-order chi connectivity index (χ0) is 19.6. The molecule has 5 rings (SSSR count). The summed E-state index contributed by atoms with van der Waals surface area (Å²) in [7, 11) is 0. The predicted molar refractivity (Wildman–Crippen MR) is 110 cm³/mol. The Hall–Kier alpha value is -2.99. The van der Waals surface area contributed by atoms with Crippen LogP contribution in [0.4, 0.5) is 0 Å². The van der Waals surface area contributed by atoms with Crippen LogP contribution in [0.3, 0.4) is 0 Å². The molecule has 3 heterocycles. The van der Waals surface area contributed by atoms with Gasteiger partial charge in [-0.3, -0.25) is 9.69 Å². The number of rotatable bonds is 5. The molecule has 0 bridgehead atoms. The summed E-state index contributed by atoms with van der Waals surface area (Å²) in [6.45, 7) is 4.45. The van der Waals surface area contributed by atoms with E-state index in [0.717, 1.165) is 44.0 Å². The maximum atomic E-state index is 12.7. The van der Waals surface area contributed by atoms with Crippen molar-refractivity contribution in [2.45, 2.75) is 26.1 Å². The van der Waals surface area contributed by atoms with E-state index in [2.05, 4.69) is 50.7 Å². The van der Waals surface area contributed by atoms with E-state index in [9.17, 15) is 4.79 Å². The summed E-state index contributed by atoms with van der Waals surface area (Å²) < 4.78 is 2.04. The van der Waals surface area contributed by atoms with Crippen LogP contribution in [0.25, 0.3) is 0 Å². The van der Waals surface area contributed by atoms with Gasteiger partial charge in [-0.25, -0.2) is 0 Å². The quantitative estimate of drug-likeness (QED) is 0.731. The number of carbonyl (C=O) groups is 1. The van der Waals surface area contributed by atoms with Crippen LogP contribution in [0.15, 0.2) is 60.7 Å². The van der Waals surface area contributed by atoms with Crippen LogP contribution in [0.5, 0.6) is 0 Å². The van der Waals surface area contributed by atoms with E-state index in [0.29, 0.717) is 24.2 Å². The number of aromatic nitrogens is 3. The summed E-state index contributed by atoms with van der Waals surface area (Å²) in [6.07, 6.45) is 0.898. The van der Waals surface area contributed by atoms with Gasteiger partial charge in [0.1, 0.15) is 5.82 Å². The normalized spacial score (nSPS) is 20.8. The van der Waals surface area contributed by atoms with Gasteiger partial charge in [0.05, 0.1) is 0 Å². The number of likely N-dealkylation sites (tertiary alicyclic amines) is 1. The molecule has 2 aliphatic rings. The summed E-state index contributed by atoms with van der Waals surface area (Å²) >= 11 is 0. The second kappa shape index (κ2) is 7.79. The van der Waals surface area contributed by atoms with Crippen LogP contribution in [0.2, 0.25) is 0 Å². The van der Waals surface area contributed by atoms with Crippen molar-refractivity contribution < 1.29 is 4.79 Å². The molecule has 1 amide bonds. The van der Waals surface area contributed by atoms with E-state index >= 15 is 0 Å². The monoisotopic (exact) mass is 387 g/mol. The maximum Gasteiger partial charge on any atom is 0.289 e. The SMILES string of the molecule is O=C(NCc1ccccc1)c1nnc2n1C[C@@H]1CN(Cc3ccccc3)C[C@H]1C2. The van der Waals surface area contributed by atoms with Gasteiger partial charge in [0.15, 0.2) is 0 Å². The molecule has 0 saturated carbocycles. The van der Waals surface area contributed by atoms with Crippen molar-refractivity contribution in [1.82, 2.24) is 25.0 Å². The first kappa shape index (κ1) is 18.1. The van der Waals surface area contributed by atoms with Gasteiger partial charge < -0.3 is 9.88 Å². The highest BCUT2D eigenvalue weighted by molar-refractivity contribution is 5.90. The van der Waals surface area contributed by atoms with Crippen molar-refractivity contribution in [3.05, 3.63) is 83.4 Å². The Labute approximate surface area is 170 Å². The molecule has 0 radical (unpaired) electrons. The van der Waals surface area contributed by atoms with Crippen molar-refractivity contribution in [3.63, 3.8) is 0 Å². The fourth-order valence-electron chi connectivity index (χ4n) is 4.62. The van der Waals surface area contributed by atoms with Gasteiger partial charge in [0.2, 0.25) is 5.82 Å². The van der Waals surface area contributed by atoms with E-state index < -0.39 is 0 Å². The van der Waals surface area contributed by atoms with Crippen LogP contribution in [0, 0.1) is 11.8 Å². The zero-order valence-electron chi connectivity index (χ0n) is 16.4. The Bertz CT molecular complexity index is 985. The fraction of sp³-hybridized carbons (Fsp3) is 0.348. The van der Waals surface area contributed by atoms with Gasteiger partial charge in [-0.05, 0) is 23.0 Å². The molecule has 2 aliphatic heterocycles. The molecule has 148 valence electrons. The minimum absolute atomic E-state index is 0.148. The Balaban J connectivity index is 1.24. The number of fused-ring (bicyclic) bond motifs is 2. The van der Waals surface area contributed by atoms with Crippen LogP contribution in [0.1, 0.15) is 27.6 Å². The van der Waals surface area contributed by atoms with Gasteiger partial charge in [0.25, 0.3) is 5.91 Å². The standard InChI is InChI=1S/C23H25N5O/c29-23(24-12-17-7-3-1-4-8-17)22-26-25-21-11-19-14-27(15-20(19)16-28(21)22)13-18-9-5-2-6-10-18/h1-10,19-20H,11-16H2,(H,24,29)/t19-,20+/m1/s1. The zero-order valence-corrected chi connectivity index (χ0v) is 16.4. The summed E-state index contributed by atoms with van der Waals surface area (Å²) in [4.78, 5) is 15.2. The molecule has 6 nitrogen and oxygen atoms in total. The highest BCUT2D eigenvalue weighted by Gasteiger charge is 2.38. The van der Waals surface area contributed by atoms with Crippen molar-refractivity contribution in [3.8, 4) is 0 Å². The Kier molecular flexibility index (Phi) is 4.86. The number of nitrogens with zero attached hydrogens (tertiary/aromatic N) is 4. The molecular weight excluding hydrogens is 362 g/mol. The van der Waals surface area contributed by atoms with Crippen molar-refractivity contribution in [2.75, 3.05) is 13.1 Å². The number of amides is 1. The Morgan fingerprint density at radius 1 is 0.897 bits per heavy atom. The summed E-state index contributed by atoms with van der Waals surface area (Å²) in [5, 5.41) is 11.5. The molecule has 3 aromatic rings. The highest BCUT2D eigenvalue weighted by atomic mass is 16.2. The van der Waals surface area contributed by atoms with E-state index in [4.69, 9.17) is 0 Å². The third-order valence-electron chi connectivity index (χ3n) is 6.09. The van der Waals surface area contributed by atoms with Crippen molar-refractivity contribution >= 4 is 5.91 Å². The molecule has 0 spiro atoms. The van der Waals surface area contributed by atoms with E-state index in [1.807, 2.05) is 34.9 Å². The second-order valence-electron chi connectivity index (χ2n) is 8.12. The molecule has 6 heteroatoms. The number of hydrogen-bond donors (Lipinski definition) is 1. The van der Waals surface area contributed by atoms with Gasteiger partial charge in [-0.15, -0.1) is 10.2 Å². The minimum atomic E-state index is -0.148. The van der Waals surface area contributed by atoms with Crippen molar-refractivity contribution in [1.29, 1.82) is 0 Å². The lowest BCUT2D eigenvalue weighted by Gasteiger charge is -2.25. The molecule has 29 heavy (non-hydrogen) atoms. The van der Waals surface area contributed by atoms with Gasteiger partial charge in [-0.2, -0.15) is 0 Å². The van der Waals surface area contributed by atoms with E-state index in [1.54, 1.807) is 0 Å². The van der Waals surface area contributed by atoms with Crippen LogP contribution >= 0.6 is 0 Å². The molecule has 1 saturated heterocycles. The first-order valence-electron chi connectivity index (χ1n) is 10.3. The minimum Gasteiger partial charge on any atom is -0.345 e. The molecule has 2 atom stereocenters. The summed E-state index contributed by atoms with van der Waals surface area (Å²) in [6, 6.07) is 20.6. The number of carbonyl (C=O) groups excluding carboxylic acids is 1. The third-order valence-corrected chi connectivity index (χ3v) is 6.09.